The van der Waals surface area contributed by atoms with Crippen LogP contribution in [0.25, 0.3) is 0 Å². The third kappa shape index (κ3) is 5.26. The summed E-state index contributed by atoms with van der Waals surface area (Å²) in [5.74, 6) is 0. The van der Waals surface area contributed by atoms with Gasteiger partial charge in [0.2, 0.25) is 0 Å². The SMILES string of the molecule is Cc1ccc(N2c3ccc(C)cc3B(O)c3cc4c(cc32)N(c2ccc(C)cc2)c2cc3c(cc2B4O)B(O)c2cc(C)ccc2N3c2ccc(C)cc2)cc1. The van der Waals surface area contributed by atoms with Crippen molar-refractivity contribution in [3.8, 4) is 0 Å². The van der Waals surface area contributed by atoms with Gasteiger partial charge in [0.25, 0.3) is 0 Å². The fourth-order valence-electron chi connectivity index (χ4n) is 8.87. The Hall–Kier alpha value is -5.99. The van der Waals surface area contributed by atoms with E-state index in [1.54, 1.807) is 0 Å². The van der Waals surface area contributed by atoms with Gasteiger partial charge >= 0.3 is 20.7 Å². The van der Waals surface area contributed by atoms with Crippen LogP contribution in [0, 0.1) is 34.6 Å². The van der Waals surface area contributed by atoms with Crippen LogP contribution in [0.2, 0.25) is 0 Å². The Morgan fingerprint density at radius 1 is 0.286 bits per heavy atom. The van der Waals surface area contributed by atoms with Crippen LogP contribution in [0.1, 0.15) is 27.8 Å². The Balaban J connectivity index is 1.24. The fourth-order valence-corrected chi connectivity index (χ4v) is 8.87. The Morgan fingerprint density at radius 2 is 0.536 bits per heavy atom. The summed E-state index contributed by atoms with van der Waals surface area (Å²) < 4.78 is 0. The van der Waals surface area contributed by atoms with Crippen molar-refractivity contribution in [2.75, 3.05) is 14.7 Å². The Morgan fingerprint density at radius 3 is 0.839 bits per heavy atom. The second kappa shape index (κ2) is 12.8. The first-order chi connectivity index (χ1) is 27.0. The lowest BCUT2D eigenvalue weighted by molar-refractivity contribution is 0.599. The smallest absolute Gasteiger partial charge is 0.363 e. The third-order valence-corrected chi connectivity index (χ3v) is 11.8. The molecule has 10 rings (SSSR count). The van der Waals surface area contributed by atoms with Gasteiger partial charge in [0, 0.05) is 51.2 Å². The van der Waals surface area contributed by atoms with Crippen LogP contribution >= 0.6 is 0 Å². The second-order valence-electron chi connectivity index (χ2n) is 15.8. The van der Waals surface area contributed by atoms with E-state index in [9.17, 15) is 15.1 Å². The highest BCUT2D eigenvalue weighted by atomic mass is 16.2. The minimum atomic E-state index is -1.03. The maximum absolute atomic E-state index is 12.6. The van der Waals surface area contributed by atoms with Crippen molar-refractivity contribution in [3.05, 3.63) is 161 Å². The van der Waals surface area contributed by atoms with Crippen LogP contribution in [-0.4, -0.2) is 35.8 Å². The lowest BCUT2D eigenvalue weighted by atomic mass is 9.46. The Labute approximate surface area is 329 Å². The summed E-state index contributed by atoms with van der Waals surface area (Å²) in [6, 6.07) is 46.1. The summed E-state index contributed by atoms with van der Waals surface area (Å²) in [4.78, 5) is 6.69. The highest BCUT2D eigenvalue weighted by Crippen LogP contribution is 2.44. The van der Waals surface area contributed by atoms with Gasteiger partial charge in [-0.15, -0.1) is 0 Å². The van der Waals surface area contributed by atoms with Crippen LogP contribution in [0.5, 0.6) is 0 Å². The lowest BCUT2D eigenvalue weighted by Gasteiger charge is -2.41. The summed E-state index contributed by atoms with van der Waals surface area (Å²) in [6.07, 6.45) is 0. The van der Waals surface area contributed by atoms with Crippen molar-refractivity contribution in [2.24, 2.45) is 0 Å². The summed E-state index contributed by atoms with van der Waals surface area (Å²) in [7, 11) is 0. The standard InChI is InChI=1S/C47H40B3N3O3/c1-28-6-14-33(15-7-28)51-42-20-12-31(4)22-36(42)48(54)38-24-40-46(26-44(38)51)53(35-18-10-30(3)11-19-35)47-27-45-39(25-41(47)50(40)56)49(55)37-23-32(5)13-21-43(37)52(45)34-16-8-29(2)9-17-34/h6-27,54-56H,1-5H3. The molecular formula is C47H40B3N3O3. The van der Waals surface area contributed by atoms with Crippen LogP contribution in [0.3, 0.4) is 0 Å². The van der Waals surface area contributed by atoms with Gasteiger partial charge in [0.1, 0.15) is 0 Å². The van der Waals surface area contributed by atoms with E-state index in [2.05, 4.69) is 157 Å². The molecule has 0 unspecified atom stereocenters. The molecule has 6 nitrogen and oxygen atoms in total. The summed E-state index contributed by atoms with van der Waals surface area (Å²) in [6.45, 7) is 7.50. The molecule has 7 aromatic carbocycles. The van der Waals surface area contributed by atoms with Crippen LogP contribution in [0.4, 0.5) is 51.2 Å². The Kier molecular flexibility index (Phi) is 7.88. The van der Waals surface area contributed by atoms with Crippen molar-refractivity contribution in [1.29, 1.82) is 0 Å². The zero-order valence-electron chi connectivity index (χ0n) is 32.1. The molecule has 0 aliphatic carbocycles. The molecule has 0 radical (unpaired) electrons. The monoisotopic (exact) mass is 727 g/mol. The minimum absolute atomic E-state index is 0.688. The molecule has 9 heteroatoms. The van der Waals surface area contributed by atoms with E-state index in [-0.39, 0.29) is 0 Å². The van der Waals surface area contributed by atoms with E-state index in [1.807, 2.05) is 26.0 Å². The summed E-state index contributed by atoms with van der Waals surface area (Å²) in [5.41, 5.74) is 18.1. The van der Waals surface area contributed by atoms with E-state index in [0.29, 0.717) is 10.9 Å². The molecule has 3 heterocycles. The van der Waals surface area contributed by atoms with E-state index in [0.717, 1.165) is 101 Å². The fraction of sp³-hybridized carbons (Fsp3) is 0.106. The van der Waals surface area contributed by atoms with Crippen molar-refractivity contribution in [2.45, 2.75) is 34.6 Å². The predicted octanol–water partition coefficient (Wildman–Crippen LogP) is 5.87. The summed E-state index contributed by atoms with van der Waals surface area (Å²) >= 11 is 0. The van der Waals surface area contributed by atoms with E-state index >= 15 is 0 Å². The van der Waals surface area contributed by atoms with Crippen LogP contribution < -0.4 is 47.5 Å². The highest BCUT2D eigenvalue weighted by molar-refractivity contribution is 6.87. The molecular weight excluding hydrogens is 687 g/mol. The maximum atomic E-state index is 12.6. The minimum Gasteiger partial charge on any atom is -0.443 e. The van der Waals surface area contributed by atoms with Crippen molar-refractivity contribution in [3.63, 3.8) is 0 Å². The molecule has 0 saturated carbocycles. The van der Waals surface area contributed by atoms with E-state index < -0.39 is 20.7 Å². The molecule has 0 bridgehead atoms. The number of hydrogen-bond donors (Lipinski definition) is 3. The normalized spacial score (nSPS) is 13.9. The molecule has 0 spiro atoms. The van der Waals surface area contributed by atoms with Gasteiger partial charge in [-0.25, -0.2) is 0 Å². The number of aryl methyl sites for hydroxylation is 5. The zero-order chi connectivity index (χ0) is 38.6. The number of nitrogens with zero attached hydrogens (tertiary/aromatic N) is 3. The average molecular weight is 727 g/mol. The second-order valence-corrected chi connectivity index (χ2v) is 15.8. The first-order valence-corrected chi connectivity index (χ1v) is 19.3. The maximum Gasteiger partial charge on any atom is 0.363 e. The molecule has 0 saturated heterocycles. The highest BCUT2D eigenvalue weighted by Gasteiger charge is 2.43. The molecule has 7 aromatic rings. The van der Waals surface area contributed by atoms with Gasteiger partial charge in [0.15, 0.2) is 0 Å². The zero-order valence-corrected chi connectivity index (χ0v) is 32.1. The molecule has 270 valence electrons. The Bertz CT molecular complexity index is 2560. The number of rotatable bonds is 3. The predicted molar refractivity (Wildman–Crippen MR) is 236 cm³/mol. The van der Waals surface area contributed by atoms with Gasteiger partial charge in [-0.2, -0.15) is 0 Å². The molecule has 3 aliphatic rings. The number of anilines is 9. The van der Waals surface area contributed by atoms with Gasteiger partial charge < -0.3 is 29.8 Å². The molecule has 3 N–H and O–H groups in total. The van der Waals surface area contributed by atoms with Gasteiger partial charge in [-0.05, 0) is 128 Å². The van der Waals surface area contributed by atoms with Crippen molar-refractivity contribution in [1.82, 2.24) is 0 Å². The van der Waals surface area contributed by atoms with Gasteiger partial charge in [0.05, 0.1) is 0 Å². The first kappa shape index (κ1) is 34.5. The van der Waals surface area contributed by atoms with Crippen molar-refractivity contribution < 1.29 is 15.1 Å². The topological polar surface area (TPSA) is 70.4 Å². The third-order valence-electron chi connectivity index (χ3n) is 11.8. The first-order valence-electron chi connectivity index (χ1n) is 19.3. The van der Waals surface area contributed by atoms with E-state index in [1.165, 1.54) is 0 Å². The molecule has 56 heavy (non-hydrogen) atoms. The van der Waals surface area contributed by atoms with Crippen LogP contribution in [0.15, 0.2) is 133 Å². The number of fused-ring (bicyclic) bond motifs is 6. The quantitative estimate of drug-likeness (QED) is 0.198. The largest absolute Gasteiger partial charge is 0.443 e. The molecule has 0 amide bonds. The van der Waals surface area contributed by atoms with Crippen molar-refractivity contribution >= 4 is 105 Å². The average Bonchev–Trinajstić information content (AvgIpc) is 3.20. The number of benzene rings is 7. The van der Waals surface area contributed by atoms with Crippen LogP contribution in [-0.2, 0) is 0 Å². The molecule has 3 aliphatic heterocycles. The van der Waals surface area contributed by atoms with Gasteiger partial charge in [-0.3, -0.25) is 0 Å². The summed E-state index contributed by atoms with van der Waals surface area (Å²) in [5, 5.41) is 36.9. The van der Waals surface area contributed by atoms with Gasteiger partial charge in [-0.1, -0.05) is 101 Å². The lowest BCUT2D eigenvalue weighted by Crippen LogP contribution is -2.58. The molecule has 0 aromatic heterocycles. The number of hydrogen-bond acceptors (Lipinski definition) is 6. The molecule has 0 fully saturated rings. The molecule has 0 atom stereocenters. The van der Waals surface area contributed by atoms with E-state index in [4.69, 9.17) is 0 Å².